The molecule has 1 aliphatic carbocycles. The van der Waals surface area contributed by atoms with Gasteiger partial charge in [0.15, 0.2) is 17.6 Å². The number of carbonyl (C=O) groups is 2. The molecule has 0 radical (unpaired) electrons. The van der Waals surface area contributed by atoms with E-state index in [1.807, 2.05) is 0 Å². The highest BCUT2D eigenvalue weighted by Gasteiger charge is 2.48. The molecule has 32 heavy (non-hydrogen) atoms. The Bertz CT molecular complexity index is 1080. The van der Waals surface area contributed by atoms with Crippen molar-refractivity contribution in [1.29, 1.82) is 0 Å². The van der Waals surface area contributed by atoms with Crippen molar-refractivity contribution in [2.75, 3.05) is 0 Å². The van der Waals surface area contributed by atoms with Crippen LogP contribution in [-0.2, 0) is 14.2 Å². The number of aliphatic hydroxyl groups excluding tert-OH is 3. The van der Waals surface area contributed by atoms with E-state index in [0.717, 1.165) is 0 Å². The van der Waals surface area contributed by atoms with Crippen LogP contribution in [0.3, 0.4) is 0 Å². The number of hydrogen-bond donors (Lipinski definition) is 4. The fourth-order valence-corrected chi connectivity index (χ4v) is 5.17. The van der Waals surface area contributed by atoms with Crippen molar-refractivity contribution >= 4 is 11.6 Å². The number of phenolic OH excluding ortho intramolecular Hbond substituents is 1. The molecule has 170 valence electrons. The van der Waals surface area contributed by atoms with Crippen molar-refractivity contribution in [3.05, 3.63) is 52.0 Å². The molecule has 5 rings (SSSR count). The van der Waals surface area contributed by atoms with Gasteiger partial charge in [-0.2, -0.15) is 0 Å². The van der Waals surface area contributed by atoms with Gasteiger partial charge in [0, 0.05) is 29.5 Å². The van der Waals surface area contributed by atoms with E-state index in [1.54, 1.807) is 6.92 Å². The van der Waals surface area contributed by atoms with Gasteiger partial charge < -0.3 is 34.6 Å². The van der Waals surface area contributed by atoms with Crippen molar-refractivity contribution in [3.63, 3.8) is 0 Å². The molecule has 1 aromatic carbocycles. The minimum atomic E-state index is -1.19. The number of ether oxygens (including phenoxy) is 3. The molecule has 2 fully saturated rings. The van der Waals surface area contributed by atoms with Crippen molar-refractivity contribution in [2.45, 2.75) is 69.4 Å². The van der Waals surface area contributed by atoms with Gasteiger partial charge in [-0.3, -0.25) is 9.59 Å². The molecule has 1 aromatic rings. The van der Waals surface area contributed by atoms with Crippen LogP contribution in [0, 0.1) is 0 Å². The Kier molecular flexibility index (Phi) is 4.72. The lowest BCUT2D eigenvalue weighted by molar-refractivity contribution is -0.151. The zero-order valence-electron chi connectivity index (χ0n) is 17.6. The third-order valence-electron chi connectivity index (χ3n) is 6.74. The summed E-state index contributed by atoms with van der Waals surface area (Å²) in [5.41, 5.74) is 0.181. The second-order valence-electron chi connectivity index (χ2n) is 8.79. The lowest BCUT2D eigenvalue weighted by Gasteiger charge is -2.37. The molecule has 0 spiro atoms. The summed E-state index contributed by atoms with van der Waals surface area (Å²) in [4.78, 5) is 26.5. The van der Waals surface area contributed by atoms with Gasteiger partial charge in [0.1, 0.15) is 18.0 Å². The normalized spacial score (nSPS) is 36.5. The maximum absolute atomic E-state index is 13.4. The van der Waals surface area contributed by atoms with E-state index in [-0.39, 0.29) is 29.2 Å². The first kappa shape index (κ1) is 21.1. The SMILES string of the molecule is C=C1CC2OC(C)c3c(cc4c(c3O)C(=O)C(O)=C(C3CC(O)C(O)C(C)O3)C4=O)C2O1. The molecule has 4 N–H and O–H groups in total. The summed E-state index contributed by atoms with van der Waals surface area (Å²) in [6, 6.07) is 1.50. The van der Waals surface area contributed by atoms with Gasteiger partial charge >= 0.3 is 0 Å². The number of Topliss-reactive ketones (excluding diaryl/α,β-unsaturated/α-hetero) is 2. The van der Waals surface area contributed by atoms with Crippen molar-refractivity contribution < 1.29 is 44.2 Å². The second kappa shape index (κ2) is 7.14. The average Bonchev–Trinajstić information content (AvgIpc) is 3.10. The summed E-state index contributed by atoms with van der Waals surface area (Å²) >= 11 is 0. The number of allylic oxidation sites excluding steroid dienone is 1. The first-order valence-corrected chi connectivity index (χ1v) is 10.5. The van der Waals surface area contributed by atoms with Gasteiger partial charge in [0.2, 0.25) is 5.78 Å². The van der Waals surface area contributed by atoms with Gasteiger partial charge in [-0.25, -0.2) is 0 Å². The average molecular weight is 444 g/mol. The molecule has 0 amide bonds. The Balaban J connectivity index is 1.63. The van der Waals surface area contributed by atoms with Crippen molar-refractivity contribution in [3.8, 4) is 5.75 Å². The Morgan fingerprint density at radius 1 is 1.09 bits per heavy atom. The molecular weight excluding hydrogens is 420 g/mol. The van der Waals surface area contributed by atoms with Gasteiger partial charge in [-0.15, -0.1) is 0 Å². The van der Waals surface area contributed by atoms with Crippen LogP contribution < -0.4 is 0 Å². The zero-order chi connectivity index (χ0) is 23.1. The second-order valence-corrected chi connectivity index (χ2v) is 8.79. The van der Waals surface area contributed by atoms with E-state index in [1.165, 1.54) is 13.0 Å². The van der Waals surface area contributed by atoms with Crippen LogP contribution in [0.5, 0.6) is 5.75 Å². The first-order chi connectivity index (χ1) is 15.1. The molecule has 0 saturated carbocycles. The smallest absolute Gasteiger partial charge is 0.232 e. The molecule has 9 heteroatoms. The standard InChI is InChI=1S/C23H24O9/c1-7-4-14-23(30-7)11-5-10-16(20(27)15(11)8(2)31-14)21(28)22(29)17(19(10)26)13-6-12(24)18(25)9(3)32-13/h5,8-9,12-14,18,23-25,27,29H,1,4,6H2,2-3H3. The minimum absolute atomic E-state index is 0.0788. The molecule has 2 saturated heterocycles. The minimum Gasteiger partial charge on any atom is -0.507 e. The first-order valence-electron chi connectivity index (χ1n) is 10.5. The van der Waals surface area contributed by atoms with E-state index >= 15 is 0 Å². The Morgan fingerprint density at radius 2 is 1.81 bits per heavy atom. The molecule has 0 bridgehead atoms. The number of hydrogen-bond acceptors (Lipinski definition) is 9. The topological polar surface area (TPSA) is 143 Å². The van der Waals surface area contributed by atoms with Gasteiger partial charge in [-0.05, 0) is 19.9 Å². The lowest BCUT2D eigenvalue weighted by atomic mass is 9.78. The van der Waals surface area contributed by atoms with Crippen LogP contribution in [0.15, 0.2) is 29.7 Å². The van der Waals surface area contributed by atoms with Crippen LogP contribution in [0.4, 0.5) is 0 Å². The number of ketones is 2. The van der Waals surface area contributed by atoms with Crippen LogP contribution in [0.2, 0.25) is 0 Å². The molecule has 3 aliphatic heterocycles. The summed E-state index contributed by atoms with van der Waals surface area (Å²) in [7, 11) is 0. The van der Waals surface area contributed by atoms with E-state index in [9.17, 15) is 30.0 Å². The van der Waals surface area contributed by atoms with Crippen LogP contribution in [0.1, 0.15) is 70.7 Å². The van der Waals surface area contributed by atoms with E-state index in [4.69, 9.17) is 14.2 Å². The highest BCUT2D eigenvalue weighted by molar-refractivity contribution is 6.27. The molecule has 3 heterocycles. The van der Waals surface area contributed by atoms with Crippen molar-refractivity contribution in [2.24, 2.45) is 0 Å². The molecule has 9 nitrogen and oxygen atoms in total. The zero-order valence-corrected chi connectivity index (χ0v) is 17.6. The number of rotatable bonds is 1. The van der Waals surface area contributed by atoms with E-state index in [0.29, 0.717) is 23.3 Å². The number of fused-ring (bicyclic) bond motifs is 4. The van der Waals surface area contributed by atoms with E-state index in [2.05, 4.69) is 6.58 Å². The summed E-state index contributed by atoms with van der Waals surface area (Å²) in [6.45, 7) is 7.08. The number of aliphatic hydroxyl groups is 3. The maximum atomic E-state index is 13.4. The fourth-order valence-electron chi connectivity index (χ4n) is 5.17. The highest BCUT2D eigenvalue weighted by Crippen LogP contribution is 2.51. The molecule has 7 atom stereocenters. The summed E-state index contributed by atoms with van der Waals surface area (Å²) < 4.78 is 17.3. The highest BCUT2D eigenvalue weighted by atomic mass is 16.6. The van der Waals surface area contributed by atoms with Crippen LogP contribution in [0.25, 0.3) is 0 Å². The van der Waals surface area contributed by atoms with Crippen LogP contribution in [-0.4, -0.2) is 62.5 Å². The predicted octanol–water partition coefficient (Wildman–Crippen LogP) is 1.92. The van der Waals surface area contributed by atoms with Gasteiger partial charge in [0.25, 0.3) is 0 Å². The predicted molar refractivity (Wildman–Crippen MR) is 108 cm³/mol. The number of benzene rings is 1. The molecular formula is C23H24O9. The Labute approximate surface area is 183 Å². The summed E-state index contributed by atoms with van der Waals surface area (Å²) in [5.74, 6) is -2.36. The number of aromatic hydroxyl groups is 1. The van der Waals surface area contributed by atoms with Gasteiger partial charge in [0.05, 0.1) is 41.3 Å². The number of phenols is 1. The van der Waals surface area contributed by atoms with E-state index < -0.39 is 59.7 Å². The Hall–Kier alpha value is -2.72. The third kappa shape index (κ3) is 2.85. The lowest BCUT2D eigenvalue weighted by Crippen LogP contribution is -2.48. The maximum Gasteiger partial charge on any atom is 0.232 e. The number of carbonyl (C=O) groups excluding carboxylic acids is 2. The van der Waals surface area contributed by atoms with Crippen molar-refractivity contribution in [1.82, 2.24) is 0 Å². The molecule has 0 aromatic heterocycles. The summed E-state index contributed by atoms with van der Waals surface area (Å²) in [6.07, 6.45) is -5.45. The third-order valence-corrected chi connectivity index (χ3v) is 6.74. The molecule has 4 aliphatic rings. The van der Waals surface area contributed by atoms with Gasteiger partial charge in [-0.1, -0.05) is 6.58 Å². The quantitative estimate of drug-likeness (QED) is 0.511. The summed E-state index contributed by atoms with van der Waals surface area (Å²) in [5, 5.41) is 41.7. The fraction of sp³-hybridized carbons (Fsp3) is 0.478. The largest absolute Gasteiger partial charge is 0.507 e. The Morgan fingerprint density at radius 3 is 2.50 bits per heavy atom. The molecule has 7 unspecified atom stereocenters. The van der Waals surface area contributed by atoms with Crippen LogP contribution >= 0.6 is 0 Å². The monoisotopic (exact) mass is 444 g/mol.